The fourth-order valence-electron chi connectivity index (χ4n) is 1.87. The van der Waals surface area contributed by atoms with E-state index in [0.29, 0.717) is 27.6 Å². The number of halogens is 2. The second-order valence-corrected chi connectivity index (χ2v) is 5.44. The Hall–Kier alpha value is -1.52. The van der Waals surface area contributed by atoms with E-state index in [4.69, 9.17) is 27.9 Å². The van der Waals surface area contributed by atoms with Crippen molar-refractivity contribution >= 4 is 29.5 Å². The van der Waals surface area contributed by atoms with Crippen LogP contribution in [-0.2, 0) is 6.61 Å². The smallest absolute Gasteiger partial charge is 0.153 e. The molecule has 0 unspecified atom stereocenters. The highest BCUT2D eigenvalue weighted by Gasteiger charge is 2.12. The Morgan fingerprint density at radius 3 is 2.80 bits per heavy atom. The molecular formula is C14H14Cl2N2O2. The van der Waals surface area contributed by atoms with Gasteiger partial charge in [-0.05, 0) is 26.0 Å². The van der Waals surface area contributed by atoms with Gasteiger partial charge < -0.3 is 9.30 Å². The first-order chi connectivity index (χ1) is 9.52. The van der Waals surface area contributed by atoms with E-state index in [-0.39, 0.29) is 12.6 Å². The lowest BCUT2D eigenvalue weighted by Crippen LogP contribution is -2.08. The van der Waals surface area contributed by atoms with E-state index >= 15 is 0 Å². The lowest BCUT2D eigenvalue weighted by atomic mass is 10.2. The van der Waals surface area contributed by atoms with Crippen LogP contribution >= 0.6 is 23.2 Å². The summed E-state index contributed by atoms with van der Waals surface area (Å²) in [6.45, 7) is 4.38. The van der Waals surface area contributed by atoms with Gasteiger partial charge in [-0.1, -0.05) is 23.2 Å². The summed E-state index contributed by atoms with van der Waals surface area (Å²) in [5.74, 6) is 0.336. The Kier molecular flexibility index (Phi) is 4.68. The number of hydrogen-bond donors (Lipinski definition) is 0. The van der Waals surface area contributed by atoms with E-state index < -0.39 is 0 Å². The molecule has 0 saturated carbocycles. The number of rotatable bonds is 5. The highest BCUT2D eigenvalue weighted by atomic mass is 35.5. The molecule has 2 aromatic rings. The minimum atomic E-state index is 0.278. The Labute approximate surface area is 127 Å². The molecule has 0 N–H and O–H groups in total. The predicted octanol–water partition coefficient (Wildman–Crippen LogP) is 4.16. The lowest BCUT2D eigenvalue weighted by molar-refractivity contribution is 0.111. The van der Waals surface area contributed by atoms with Crippen molar-refractivity contribution in [2.45, 2.75) is 26.5 Å². The Morgan fingerprint density at radius 2 is 2.15 bits per heavy atom. The number of aromatic nitrogens is 2. The molecule has 0 atom stereocenters. The molecule has 106 valence electrons. The Balaban J connectivity index is 2.23. The Bertz CT molecular complexity index is 624. The van der Waals surface area contributed by atoms with Crippen LogP contribution in [0, 0.1) is 0 Å². The third-order valence-corrected chi connectivity index (χ3v) is 3.33. The maximum atomic E-state index is 11.1. The molecule has 6 heteroatoms. The van der Waals surface area contributed by atoms with E-state index in [9.17, 15) is 4.79 Å². The van der Waals surface area contributed by atoms with Crippen molar-refractivity contribution in [2.24, 2.45) is 0 Å². The number of imidazole rings is 1. The summed E-state index contributed by atoms with van der Waals surface area (Å²) in [7, 11) is 0. The zero-order chi connectivity index (χ0) is 14.7. The van der Waals surface area contributed by atoms with Gasteiger partial charge in [-0.2, -0.15) is 0 Å². The quantitative estimate of drug-likeness (QED) is 0.778. The van der Waals surface area contributed by atoms with Crippen LogP contribution in [0.25, 0.3) is 0 Å². The molecule has 0 fully saturated rings. The zero-order valence-corrected chi connectivity index (χ0v) is 12.6. The second-order valence-electron chi connectivity index (χ2n) is 4.60. The van der Waals surface area contributed by atoms with Crippen molar-refractivity contribution < 1.29 is 9.53 Å². The molecule has 0 spiro atoms. The molecule has 0 aliphatic rings. The van der Waals surface area contributed by atoms with Crippen LogP contribution in [0.15, 0.2) is 24.7 Å². The van der Waals surface area contributed by atoms with Crippen molar-refractivity contribution in [3.05, 3.63) is 46.0 Å². The van der Waals surface area contributed by atoms with Crippen LogP contribution in [0.3, 0.4) is 0 Å². The molecule has 0 bridgehead atoms. The third kappa shape index (κ3) is 3.14. The minimum Gasteiger partial charge on any atom is -0.485 e. The average Bonchev–Trinajstić information content (AvgIpc) is 2.85. The van der Waals surface area contributed by atoms with Crippen LogP contribution in [0.4, 0.5) is 0 Å². The molecule has 1 heterocycles. The van der Waals surface area contributed by atoms with Crippen molar-refractivity contribution in [1.82, 2.24) is 9.55 Å². The predicted molar refractivity (Wildman–Crippen MR) is 78.8 cm³/mol. The summed E-state index contributed by atoms with van der Waals surface area (Å²) in [6, 6.07) is 3.35. The van der Waals surface area contributed by atoms with Gasteiger partial charge >= 0.3 is 0 Å². The van der Waals surface area contributed by atoms with Crippen molar-refractivity contribution in [3.8, 4) is 5.75 Å². The SMILES string of the molecule is CC(C)n1cncc1COc1c(Cl)cc(Cl)cc1C=O. The van der Waals surface area contributed by atoms with Crippen molar-refractivity contribution in [1.29, 1.82) is 0 Å². The lowest BCUT2D eigenvalue weighted by Gasteiger charge is -2.14. The van der Waals surface area contributed by atoms with E-state index in [1.807, 2.05) is 4.57 Å². The van der Waals surface area contributed by atoms with E-state index in [0.717, 1.165) is 5.69 Å². The summed E-state index contributed by atoms with van der Waals surface area (Å²) < 4.78 is 7.66. The fraction of sp³-hybridized carbons (Fsp3) is 0.286. The summed E-state index contributed by atoms with van der Waals surface area (Å²) in [4.78, 5) is 15.1. The molecule has 0 aliphatic carbocycles. The number of ether oxygens (including phenoxy) is 1. The highest BCUT2D eigenvalue weighted by molar-refractivity contribution is 6.36. The summed E-state index contributed by atoms with van der Waals surface area (Å²) in [6.07, 6.45) is 4.14. The van der Waals surface area contributed by atoms with Gasteiger partial charge in [-0.15, -0.1) is 0 Å². The standard InChI is InChI=1S/C14H14Cl2N2O2/c1-9(2)18-8-17-5-12(18)7-20-14-10(6-19)3-11(15)4-13(14)16/h3-6,8-9H,7H2,1-2H3. The average molecular weight is 313 g/mol. The molecule has 0 amide bonds. The first-order valence-corrected chi connectivity index (χ1v) is 6.86. The summed E-state index contributed by atoms with van der Waals surface area (Å²) in [5.41, 5.74) is 1.24. The number of nitrogens with zero attached hydrogens (tertiary/aromatic N) is 2. The van der Waals surface area contributed by atoms with Crippen LogP contribution in [0.1, 0.15) is 35.9 Å². The van der Waals surface area contributed by atoms with Crippen molar-refractivity contribution in [3.63, 3.8) is 0 Å². The zero-order valence-electron chi connectivity index (χ0n) is 11.1. The van der Waals surface area contributed by atoms with E-state index in [1.54, 1.807) is 18.6 Å². The summed E-state index contributed by atoms with van der Waals surface area (Å²) >= 11 is 11.9. The monoisotopic (exact) mass is 312 g/mol. The maximum absolute atomic E-state index is 11.1. The van der Waals surface area contributed by atoms with Gasteiger partial charge in [0.2, 0.25) is 0 Å². The molecule has 1 aromatic carbocycles. The molecule has 2 rings (SSSR count). The topological polar surface area (TPSA) is 44.1 Å². The number of benzene rings is 1. The summed E-state index contributed by atoms with van der Waals surface area (Å²) in [5, 5.41) is 0.715. The van der Waals surface area contributed by atoms with Gasteiger partial charge in [-0.3, -0.25) is 4.79 Å². The third-order valence-electron chi connectivity index (χ3n) is 2.83. The molecule has 0 saturated heterocycles. The van der Waals surface area contributed by atoms with Gasteiger partial charge in [0.25, 0.3) is 0 Å². The Morgan fingerprint density at radius 1 is 1.40 bits per heavy atom. The largest absolute Gasteiger partial charge is 0.485 e. The van der Waals surface area contributed by atoms with Gasteiger partial charge in [0.05, 0.1) is 28.8 Å². The molecule has 0 radical (unpaired) electrons. The van der Waals surface area contributed by atoms with Gasteiger partial charge in [0, 0.05) is 11.1 Å². The highest BCUT2D eigenvalue weighted by Crippen LogP contribution is 2.32. The number of hydrogen-bond acceptors (Lipinski definition) is 3. The first kappa shape index (κ1) is 14.9. The normalized spacial score (nSPS) is 10.8. The molecular weight excluding hydrogens is 299 g/mol. The van der Waals surface area contributed by atoms with Crippen LogP contribution < -0.4 is 4.74 Å². The molecule has 0 aliphatic heterocycles. The maximum Gasteiger partial charge on any atom is 0.153 e. The first-order valence-electron chi connectivity index (χ1n) is 6.10. The number of aldehydes is 1. The number of carbonyl (C=O) groups is 1. The van der Waals surface area contributed by atoms with E-state index in [2.05, 4.69) is 18.8 Å². The fourth-order valence-corrected chi connectivity index (χ4v) is 2.44. The van der Waals surface area contributed by atoms with Crippen LogP contribution in [-0.4, -0.2) is 15.8 Å². The second kappa shape index (κ2) is 6.29. The number of carbonyl (C=O) groups excluding carboxylic acids is 1. The van der Waals surface area contributed by atoms with Gasteiger partial charge in [0.1, 0.15) is 12.4 Å². The molecule has 4 nitrogen and oxygen atoms in total. The van der Waals surface area contributed by atoms with Gasteiger partial charge in [-0.25, -0.2) is 4.98 Å². The van der Waals surface area contributed by atoms with Gasteiger partial charge in [0.15, 0.2) is 6.29 Å². The molecule has 20 heavy (non-hydrogen) atoms. The van der Waals surface area contributed by atoms with Crippen LogP contribution in [0.2, 0.25) is 10.0 Å². The molecule has 1 aromatic heterocycles. The minimum absolute atomic E-state index is 0.278. The van der Waals surface area contributed by atoms with Crippen molar-refractivity contribution in [2.75, 3.05) is 0 Å². The van der Waals surface area contributed by atoms with E-state index in [1.165, 1.54) is 6.07 Å². The van der Waals surface area contributed by atoms with Crippen LogP contribution in [0.5, 0.6) is 5.75 Å².